The number of nitriles is 1. The summed E-state index contributed by atoms with van der Waals surface area (Å²) in [5.41, 5.74) is 0.481. The number of hydrogen-bond donors (Lipinski definition) is 0. The van der Waals surface area contributed by atoms with Crippen molar-refractivity contribution in [3.63, 3.8) is 0 Å². The lowest BCUT2D eigenvalue weighted by molar-refractivity contribution is -0.137. The Labute approximate surface area is 172 Å². The number of alkyl halides is 3. The Morgan fingerprint density at radius 3 is 2.30 bits per heavy atom. The lowest BCUT2D eigenvalue weighted by Gasteiger charge is -2.26. The SMILES string of the molecule is CS(=O)(=O)OC[C@@H]1C[C@@H](Oc2ccc(C(F)(F)F)cc2)CN1c1ccc(C#N)cc1. The molecule has 0 radical (unpaired) electrons. The van der Waals surface area contributed by atoms with Gasteiger partial charge in [0.1, 0.15) is 11.9 Å². The molecule has 2 aromatic carbocycles. The van der Waals surface area contributed by atoms with Gasteiger partial charge < -0.3 is 9.64 Å². The van der Waals surface area contributed by atoms with Crippen molar-refractivity contribution in [3.8, 4) is 11.8 Å². The van der Waals surface area contributed by atoms with E-state index in [0.29, 0.717) is 18.5 Å². The number of hydrogen-bond acceptors (Lipinski definition) is 6. The standard InChI is InChI=1S/C20H19F3N2O4S/c1-30(26,27)28-13-17-10-19(12-25(17)16-6-2-14(11-24)3-7-16)29-18-8-4-15(5-9-18)20(21,22)23/h2-9,17,19H,10,12-13H2,1H3/t17-,19+/m0/s1. The van der Waals surface area contributed by atoms with E-state index in [-0.39, 0.29) is 24.5 Å². The average molecular weight is 440 g/mol. The van der Waals surface area contributed by atoms with Crippen molar-refractivity contribution < 1.29 is 30.5 Å². The molecule has 0 amide bonds. The minimum absolute atomic E-state index is 0.0916. The molecule has 3 rings (SSSR count). The summed E-state index contributed by atoms with van der Waals surface area (Å²) in [6, 6.07) is 12.9. The fraction of sp³-hybridized carbons (Fsp3) is 0.350. The lowest BCUT2D eigenvalue weighted by atomic mass is 10.2. The molecule has 30 heavy (non-hydrogen) atoms. The van der Waals surface area contributed by atoms with Crippen LogP contribution in [0, 0.1) is 11.3 Å². The smallest absolute Gasteiger partial charge is 0.416 e. The highest BCUT2D eigenvalue weighted by atomic mass is 32.2. The quantitative estimate of drug-likeness (QED) is 0.639. The van der Waals surface area contributed by atoms with Crippen molar-refractivity contribution in [3.05, 3.63) is 59.7 Å². The zero-order valence-electron chi connectivity index (χ0n) is 16.0. The van der Waals surface area contributed by atoms with Crippen LogP contribution in [0.25, 0.3) is 0 Å². The molecular weight excluding hydrogens is 421 g/mol. The summed E-state index contributed by atoms with van der Waals surface area (Å²) in [6.07, 6.45) is -3.43. The van der Waals surface area contributed by atoms with Crippen LogP contribution in [-0.2, 0) is 20.5 Å². The highest BCUT2D eigenvalue weighted by molar-refractivity contribution is 7.85. The fourth-order valence-electron chi connectivity index (χ4n) is 3.28. The van der Waals surface area contributed by atoms with Crippen LogP contribution in [0.4, 0.5) is 18.9 Å². The molecule has 0 saturated carbocycles. The van der Waals surface area contributed by atoms with Gasteiger partial charge >= 0.3 is 6.18 Å². The van der Waals surface area contributed by atoms with E-state index in [1.165, 1.54) is 12.1 Å². The van der Waals surface area contributed by atoms with Crippen molar-refractivity contribution in [2.45, 2.75) is 24.7 Å². The van der Waals surface area contributed by atoms with Crippen molar-refractivity contribution >= 4 is 15.8 Å². The van der Waals surface area contributed by atoms with Gasteiger partial charge in [0.25, 0.3) is 10.1 Å². The van der Waals surface area contributed by atoms with Crippen LogP contribution < -0.4 is 9.64 Å². The van der Waals surface area contributed by atoms with Gasteiger partial charge in [-0.2, -0.15) is 26.9 Å². The van der Waals surface area contributed by atoms with Gasteiger partial charge in [0.05, 0.1) is 42.6 Å². The molecule has 0 bridgehead atoms. The van der Waals surface area contributed by atoms with Crippen LogP contribution in [-0.4, -0.2) is 40.0 Å². The Morgan fingerprint density at radius 2 is 1.77 bits per heavy atom. The van der Waals surface area contributed by atoms with Crippen molar-refractivity contribution in [2.24, 2.45) is 0 Å². The minimum atomic E-state index is -4.42. The van der Waals surface area contributed by atoms with Crippen LogP contribution in [0.2, 0.25) is 0 Å². The molecule has 0 N–H and O–H groups in total. The highest BCUT2D eigenvalue weighted by Gasteiger charge is 2.35. The van der Waals surface area contributed by atoms with E-state index in [0.717, 1.165) is 24.1 Å². The summed E-state index contributed by atoms with van der Waals surface area (Å²) in [5, 5.41) is 8.95. The normalized spacial score (nSPS) is 19.5. The molecule has 1 aliphatic heterocycles. The summed E-state index contributed by atoms with van der Waals surface area (Å²) in [4.78, 5) is 1.90. The van der Waals surface area contributed by atoms with Gasteiger partial charge in [-0.25, -0.2) is 0 Å². The third-order valence-corrected chi connectivity index (χ3v) is 5.23. The third-order valence-electron chi connectivity index (χ3n) is 4.66. The van der Waals surface area contributed by atoms with Crippen LogP contribution in [0.5, 0.6) is 5.75 Å². The second kappa shape index (κ2) is 8.53. The van der Waals surface area contributed by atoms with Crippen molar-refractivity contribution in [1.29, 1.82) is 5.26 Å². The van der Waals surface area contributed by atoms with Crippen molar-refractivity contribution in [2.75, 3.05) is 24.3 Å². The molecule has 1 fully saturated rings. The maximum Gasteiger partial charge on any atom is 0.416 e. The lowest BCUT2D eigenvalue weighted by Crippen LogP contribution is -2.34. The molecule has 1 saturated heterocycles. The summed E-state index contributed by atoms with van der Waals surface area (Å²) < 4.78 is 71.8. The van der Waals surface area contributed by atoms with Crippen LogP contribution in [0.3, 0.4) is 0 Å². The van der Waals surface area contributed by atoms with Gasteiger partial charge in [0.2, 0.25) is 0 Å². The molecular formula is C20H19F3N2O4S. The van der Waals surface area contributed by atoms with E-state index < -0.39 is 21.9 Å². The maximum atomic E-state index is 12.7. The number of halogens is 3. The molecule has 0 spiro atoms. The van der Waals surface area contributed by atoms with E-state index in [2.05, 4.69) is 0 Å². The monoisotopic (exact) mass is 440 g/mol. The summed E-state index contributed by atoms with van der Waals surface area (Å²) in [7, 11) is -3.64. The molecule has 6 nitrogen and oxygen atoms in total. The summed E-state index contributed by atoms with van der Waals surface area (Å²) in [5.74, 6) is 0.289. The zero-order chi connectivity index (χ0) is 21.9. The van der Waals surface area contributed by atoms with Crippen molar-refractivity contribution in [1.82, 2.24) is 0 Å². The second-order valence-corrected chi connectivity index (χ2v) is 8.60. The van der Waals surface area contributed by atoms with E-state index in [1.807, 2.05) is 11.0 Å². The number of benzene rings is 2. The first-order valence-corrected chi connectivity index (χ1v) is 10.8. The third kappa shape index (κ3) is 5.64. The fourth-order valence-corrected chi connectivity index (χ4v) is 3.68. The second-order valence-electron chi connectivity index (χ2n) is 6.95. The van der Waals surface area contributed by atoms with E-state index in [1.54, 1.807) is 24.3 Å². The van der Waals surface area contributed by atoms with E-state index in [9.17, 15) is 21.6 Å². The van der Waals surface area contributed by atoms with Gasteiger partial charge in [-0.05, 0) is 48.5 Å². The molecule has 0 aliphatic carbocycles. The van der Waals surface area contributed by atoms with E-state index >= 15 is 0 Å². The molecule has 0 aromatic heterocycles. The van der Waals surface area contributed by atoms with E-state index in [4.69, 9.17) is 14.2 Å². The summed E-state index contributed by atoms with van der Waals surface area (Å²) in [6.45, 7) is 0.288. The van der Waals surface area contributed by atoms with Gasteiger partial charge in [0.15, 0.2) is 0 Å². The Balaban J connectivity index is 1.75. The zero-order valence-corrected chi connectivity index (χ0v) is 16.8. The average Bonchev–Trinajstić information content (AvgIpc) is 3.08. The number of anilines is 1. The molecule has 10 heteroatoms. The maximum absolute atomic E-state index is 12.7. The Hall–Kier alpha value is -2.77. The molecule has 1 aliphatic rings. The highest BCUT2D eigenvalue weighted by Crippen LogP contribution is 2.32. The Morgan fingerprint density at radius 1 is 1.13 bits per heavy atom. The van der Waals surface area contributed by atoms with Gasteiger partial charge in [-0.3, -0.25) is 4.18 Å². The number of nitrogens with zero attached hydrogens (tertiary/aromatic N) is 2. The topological polar surface area (TPSA) is 79.6 Å². The Bertz CT molecular complexity index is 1020. The molecule has 0 unspecified atom stereocenters. The first-order chi connectivity index (χ1) is 14.0. The van der Waals surface area contributed by atoms with Gasteiger partial charge in [-0.1, -0.05) is 0 Å². The first-order valence-electron chi connectivity index (χ1n) is 9.00. The van der Waals surface area contributed by atoms with Gasteiger partial charge in [-0.15, -0.1) is 0 Å². The Kier molecular flexibility index (Phi) is 6.24. The summed E-state index contributed by atoms with van der Waals surface area (Å²) >= 11 is 0. The molecule has 2 atom stereocenters. The minimum Gasteiger partial charge on any atom is -0.489 e. The molecule has 1 heterocycles. The first kappa shape index (κ1) is 21.9. The molecule has 160 valence electrons. The predicted molar refractivity (Wildman–Crippen MR) is 104 cm³/mol. The van der Waals surface area contributed by atoms with Crippen LogP contribution in [0.15, 0.2) is 48.5 Å². The van der Waals surface area contributed by atoms with Gasteiger partial charge in [0, 0.05) is 12.1 Å². The molecule has 2 aromatic rings. The number of rotatable bonds is 6. The predicted octanol–water partition coefficient (Wildman–Crippen LogP) is 3.58. The largest absolute Gasteiger partial charge is 0.489 e. The van der Waals surface area contributed by atoms with Crippen LogP contribution >= 0.6 is 0 Å². The van der Waals surface area contributed by atoms with Crippen LogP contribution in [0.1, 0.15) is 17.5 Å². The number of ether oxygens (including phenoxy) is 1.